The number of fused-ring (bicyclic) bond motifs is 1. The third-order valence-corrected chi connectivity index (χ3v) is 3.80. The summed E-state index contributed by atoms with van der Waals surface area (Å²) in [5.41, 5.74) is 2.72. The van der Waals surface area contributed by atoms with Crippen LogP contribution in [0.2, 0.25) is 0 Å². The molecule has 110 valence electrons. The van der Waals surface area contributed by atoms with E-state index in [1.54, 1.807) is 0 Å². The Balaban J connectivity index is 2.15. The van der Waals surface area contributed by atoms with Gasteiger partial charge in [-0.05, 0) is 37.8 Å². The maximum absolute atomic E-state index is 6.07. The molecule has 1 heterocycles. The molecule has 0 radical (unpaired) electrons. The molecular weight excluding hydrogens is 246 g/mol. The monoisotopic (exact) mass is 273 g/mol. The van der Waals surface area contributed by atoms with Crippen LogP contribution in [0.5, 0.6) is 0 Å². The third-order valence-electron chi connectivity index (χ3n) is 3.80. The van der Waals surface area contributed by atoms with E-state index >= 15 is 0 Å². The highest BCUT2D eigenvalue weighted by Gasteiger charge is 2.18. The molecule has 1 unspecified atom stereocenters. The molecule has 0 bridgehead atoms. The number of hydrogen-bond acceptors (Lipinski definition) is 2. The number of benzene rings is 1. The first-order chi connectivity index (χ1) is 9.42. The van der Waals surface area contributed by atoms with Crippen LogP contribution in [-0.4, -0.2) is 6.54 Å². The van der Waals surface area contributed by atoms with Gasteiger partial charge in [0.05, 0.1) is 6.04 Å². The molecule has 0 fully saturated rings. The zero-order chi connectivity index (χ0) is 14.8. The molecule has 0 saturated heterocycles. The largest absolute Gasteiger partial charge is 0.459 e. The summed E-state index contributed by atoms with van der Waals surface area (Å²) in [5, 5.41) is 4.86. The molecule has 2 nitrogen and oxygen atoms in total. The molecule has 0 amide bonds. The molecule has 1 N–H and O–H groups in total. The Morgan fingerprint density at radius 2 is 1.90 bits per heavy atom. The van der Waals surface area contributed by atoms with Crippen LogP contribution in [0.25, 0.3) is 11.0 Å². The topological polar surface area (TPSA) is 25.2 Å². The number of rotatable bonds is 5. The lowest BCUT2D eigenvalue weighted by molar-refractivity contribution is 0.348. The molecule has 2 aromatic rings. The fourth-order valence-electron chi connectivity index (χ4n) is 2.59. The zero-order valence-electron chi connectivity index (χ0n) is 13.4. The lowest BCUT2D eigenvalue weighted by atomic mass is 9.92. The van der Waals surface area contributed by atoms with Gasteiger partial charge in [0.1, 0.15) is 11.3 Å². The Kier molecular flexibility index (Phi) is 4.54. The van der Waals surface area contributed by atoms with Gasteiger partial charge in [-0.1, -0.05) is 45.9 Å². The van der Waals surface area contributed by atoms with Crippen molar-refractivity contribution in [2.75, 3.05) is 6.54 Å². The molecular formula is C18H27NO. The molecule has 0 aliphatic carbocycles. The number of hydrogen-bond donors (Lipinski definition) is 1. The molecule has 0 spiro atoms. The lowest BCUT2D eigenvalue weighted by Gasteiger charge is -2.20. The van der Waals surface area contributed by atoms with Crippen LogP contribution in [0, 0.1) is 5.41 Å². The summed E-state index contributed by atoms with van der Waals surface area (Å²) in [7, 11) is 0. The van der Waals surface area contributed by atoms with E-state index < -0.39 is 0 Å². The Morgan fingerprint density at radius 1 is 1.20 bits per heavy atom. The van der Waals surface area contributed by atoms with E-state index in [4.69, 9.17) is 4.42 Å². The molecule has 2 rings (SSSR count). The predicted octanol–water partition coefficient (Wildman–Crippen LogP) is 5.08. The number of aryl methyl sites for hydroxylation is 1. The molecule has 0 aliphatic rings. The van der Waals surface area contributed by atoms with Crippen molar-refractivity contribution in [3.05, 3.63) is 35.6 Å². The zero-order valence-corrected chi connectivity index (χ0v) is 13.4. The van der Waals surface area contributed by atoms with Gasteiger partial charge in [-0.25, -0.2) is 0 Å². The molecule has 0 saturated carbocycles. The second-order valence-electron chi connectivity index (χ2n) is 6.78. The molecule has 1 atom stereocenters. The van der Waals surface area contributed by atoms with Crippen molar-refractivity contribution in [1.29, 1.82) is 0 Å². The minimum Gasteiger partial charge on any atom is -0.459 e. The summed E-state index contributed by atoms with van der Waals surface area (Å²) in [6, 6.07) is 8.59. The molecule has 0 aliphatic heterocycles. The summed E-state index contributed by atoms with van der Waals surface area (Å²) >= 11 is 0. The lowest BCUT2D eigenvalue weighted by Crippen LogP contribution is -2.23. The highest BCUT2D eigenvalue weighted by atomic mass is 16.3. The standard InChI is InChI=1S/C18H27NO/c1-6-14-15-9-7-8-10-16(15)20-17(14)13(2)19-12-11-18(3,4)5/h7-10,13,19H,6,11-12H2,1-5H3. The Morgan fingerprint density at radius 3 is 2.55 bits per heavy atom. The van der Waals surface area contributed by atoms with Gasteiger partial charge in [-0.15, -0.1) is 0 Å². The SMILES string of the molecule is CCc1c(C(C)NCCC(C)(C)C)oc2ccccc12. The van der Waals surface area contributed by atoms with Gasteiger partial charge in [0.2, 0.25) is 0 Å². The van der Waals surface area contributed by atoms with E-state index in [0.717, 1.165) is 24.3 Å². The normalized spacial score (nSPS) is 13.8. The number of furan rings is 1. The van der Waals surface area contributed by atoms with Gasteiger partial charge in [0.25, 0.3) is 0 Å². The molecule has 1 aromatic heterocycles. The van der Waals surface area contributed by atoms with Gasteiger partial charge in [-0.3, -0.25) is 0 Å². The van der Waals surface area contributed by atoms with Crippen LogP contribution >= 0.6 is 0 Å². The average Bonchev–Trinajstić information content (AvgIpc) is 2.75. The smallest absolute Gasteiger partial charge is 0.134 e. The highest BCUT2D eigenvalue weighted by molar-refractivity contribution is 5.82. The van der Waals surface area contributed by atoms with E-state index in [-0.39, 0.29) is 6.04 Å². The van der Waals surface area contributed by atoms with Gasteiger partial charge < -0.3 is 9.73 Å². The molecule has 1 aromatic carbocycles. The first-order valence-corrected chi connectivity index (χ1v) is 7.66. The van der Waals surface area contributed by atoms with Gasteiger partial charge in [-0.2, -0.15) is 0 Å². The van der Waals surface area contributed by atoms with Gasteiger partial charge >= 0.3 is 0 Å². The van der Waals surface area contributed by atoms with Crippen LogP contribution in [0.1, 0.15) is 58.4 Å². The van der Waals surface area contributed by atoms with Crippen molar-refractivity contribution < 1.29 is 4.42 Å². The average molecular weight is 273 g/mol. The summed E-state index contributed by atoms with van der Waals surface area (Å²) in [5.74, 6) is 1.10. The molecule has 2 heteroatoms. The Bertz CT molecular complexity index is 562. The van der Waals surface area contributed by atoms with E-state index in [1.807, 2.05) is 6.07 Å². The highest BCUT2D eigenvalue weighted by Crippen LogP contribution is 2.30. The van der Waals surface area contributed by atoms with Crippen molar-refractivity contribution in [1.82, 2.24) is 5.32 Å². The predicted molar refractivity (Wildman–Crippen MR) is 86.1 cm³/mol. The van der Waals surface area contributed by atoms with Crippen molar-refractivity contribution in [2.45, 2.75) is 53.5 Å². The first-order valence-electron chi connectivity index (χ1n) is 7.66. The minimum absolute atomic E-state index is 0.264. The second kappa shape index (κ2) is 6.01. The fraction of sp³-hybridized carbons (Fsp3) is 0.556. The Labute approximate surface area is 122 Å². The van der Waals surface area contributed by atoms with Crippen LogP contribution in [0.3, 0.4) is 0 Å². The van der Waals surface area contributed by atoms with Crippen molar-refractivity contribution in [3.8, 4) is 0 Å². The van der Waals surface area contributed by atoms with E-state index in [0.29, 0.717) is 5.41 Å². The maximum Gasteiger partial charge on any atom is 0.134 e. The third kappa shape index (κ3) is 3.43. The van der Waals surface area contributed by atoms with Crippen molar-refractivity contribution in [2.24, 2.45) is 5.41 Å². The van der Waals surface area contributed by atoms with Crippen LogP contribution in [-0.2, 0) is 6.42 Å². The minimum atomic E-state index is 0.264. The number of nitrogens with one attached hydrogen (secondary N) is 1. The van der Waals surface area contributed by atoms with Crippen molar-refractivity contribution >= 4 is 11.0 Å². The second-order valence-corrected chi connectivity index (χ2v) is 6.78. The fourth-order valence-corrected chi connectivity index (χ4v) is 2.59. The number of para-hydroxylation sites is 1. The van der Waals surface area contributed by atoms with Gasteiger partial charge in [0.15, 0.2) is 0 Å². The van der Waals surface area contributed by atoms with Gasteiger partial charge in [0, 0.05) is 10.9 Å². The maximum atomic E-state index is 6.07. The van der Waals surface area contributed by atoms with E-state index in [9.17, 15) is 0 Å². The van der Waals surface area contributed by atoms with Crippen molar-refractivity contribution in [3.63, 3.8) is 0 Å². The summed E-state index contributed by atoms with van der Waals surface area (Å²) < 4.78 is 6.07. The quantitative estimate of drug-likeness (QED) is 0.821. The summed E-state index contributed by atoms with van der Waals surface area (Å²) in [4.78, 5) is 0. The van der Waals surface area contributed by atoms with Crippen LogP contribution < -0.4 is 5.32 Å². The van der Waals surface area contributed by atoms with Crippen LogP contribution in [0.15, 0.2) is 28.7 Å². The van der Waals surface area contributed by atoms with E-state index in [2.05, 4.69) is 58.1 Å². The molecule has 20 heavy (non-hydrogen) atoms. The first kappa shape index (κ1) is 15.1. The Hall–Kier alpha value is -1.28. The van der Waals surface area contributed by atoms with Crippen LogP contribution in [0.4, 0.5) is 0 Å². The van der Waals surface area contributed by atoms with E-state index in [1.165, 1.54) is 17.4 Å². The summed E-state index contributed by atoms with van der Waals surface area (Å²) in [6.45, 7) is 12.2. The summed E-state index contributed by atoms with van der Waals surface area (Å²) in [6.07, 6.45) is 2.18.